The van der Waals surface area contributed by atoms with Gasteiger partial charge in [-0.25, -0.2) is 0 Å². The van der Waals surface area contributed by atoms with Gasteiger partial charge in [-0.05, 0) is 16.0 Å². The van der Waals surface area contributed by atoms with Crippen molar-refractivity contribution in [2.24, 2.45) is 0 Å². The molecule has 45 valence electrons. The van der Waals surface area contributed by atoms with Crippen molar-refractivity contribution < 1.29 is 4.92 Å². The van der Waals surface area contributed by atoms with Gasteiger partial charge in [-0.2, -0.15) is 0 Å². The molecule has 0 aliphatic rings. The Kier molecular flexibility index (Phi) is 1.40. The molecule has 0 spiro atoms. The van der Waals surface area contributed by atoms with E-state index in [9.17, 15) is 10.1 Å². The van der Waals surface area contributed by atoms with Crippen LogP contribution in [0.3, 0.4) is 0 Å². The third kappa shape index (κ3) is 1.22. The van der Waals surface area contributed by atoms with E-state index in [-0.39, 0.29) is 5.82 Å². The highest BCUT2D eigenvalue weighted by Gasteiger charge is 2.00. The number of hydrogen-bond donors (Lipinski definition) is 0. The number of aromatic nitrogens is 1. The standard InChI is InChI=1S/C5H3N2O2/c8-7(9)5-3-1-2-4-6-5/h1,3-4H. The van der Waals surface area contributed by atoms with Crippen LogP contribution in [0.25, 0.3) is 0 Å². The van der Waals surface area contributed by atoms with Crippen molar-refractivity contribution in [3.8, 4) is 0 Å². The molecule has 0 amide bonds. The Labute approximate surface area is 51.3 Å². The van der Waals surface area contributed by atoms with Crippen molar-refractivity contribution in [1.29, 1.82) is 0 Å². The fraction of sp³-hybridized carbons (Fsp3) is 0. The molecule has 1 rings (SSSR count). The predicted molar refractivity (Wildman–Crippen MR) is 29.7 cm³/mol. The van der Waals surface area contributed by atoms with Crippen LogP contribution < -0.4 is 0 Å². The van der Waals surface area contributed by atoms with Gasteiger partial charge in [-0.3, -0.25) is 0 Å². The molecule has 1 radical (unpaired) electrons. The maximum atomic E-state index is 9.93. The van der Waals surface area contributed by atoms with Gasteiger partial charge in [0, 0.05) is 12.1 Å². The van der Waals surface area contributed by atoms with Gasteiger partial charge < -0.3 is 10.1 Å². The molecule has 0 unspecified atom stereocenters. The fourth-order valence-electron chi connectivity index (χ4n) is 0.420. The maximum Gasteiger partial charge on any atom is 0.363 e. The zero-order valence-electron chi connectivity index (χ0n) is 4.44. The lowest BCUT2D eigenvalue weighted by molar-refractivity contribution is -0.389. The van der Waals surface area contributed by atoms with E-state index < -0.39 is 4.92 Å². The van der Waals surface area contributed by atoms with E-state index in [1.807, 2.05) is 0 Å². The Morgan fingerprint density at radius 3 is 2.89 bits per heavy atom. The topological polar surface area (TPSA) is 56.0 Å². The lowest BCUT2D eigenvalue weighted by Crippen LogP contribution is -1.89. The predicted octanol–water partition coefficient (Wildman–Crippen LogP) is 0.790. The van der Waals surface area contributed by atoms with E-state index in [0.29, 0.717) is 0 Å². The molecule has 4 heteroatoms. The average molecular weight is 123 g/mol. The molecule has 0 N–H and O–H groups in total. The van der Waals surface area contributed by atoms with Crippen LogP contribution in [0.15, 0.2) is 18.3 Å². The highest BCUT2D eigenvalue weighted by molar-refractivity contribution is 5.15. The smallest absolute Gasteiger partial charge is 0.358 e. The van der Waals surface area contributed by atoms with Crippen LogP contribution in [0.4, 0.5) is 5.82 Å². The Morgan fingerprint density at radius 2 is 2.56 bits per heavy atom. The number of nitrogens with zero attached hydrogens (tertiary/aromatic N) is 2. The van der Waals surface area contributed by atoms with Crippen LogP contribution in [-0.2, 0) is 0 Å². The summed E-state index contributed by atoms with van der Waals surface area (Å²) in [5, 5.41) is 9.93. The van der Waals surface area contributed by atoms with Gasteiger partial charge in [-0.1, -0.05) is 0 Å². The first-order valence-corrected chi connectivity index (χ1v) is 2.27. The molecule has 0 aromatic carbocycles. The highest BCUT2D eigenvalue weighted by atomic mass is 16.6. The number of rotatable bonds is 1. The Bertz CT molecular complexity index is 209. The normalized spacial score (nSPS) is 8.89. The van der Waals surface area contributed by atoms with Crippen LogP contribution >= 0.6 is 0 Å². The van der Waals surface area contributed by atoms with Gasteiger partial charge in [0.1, 0.15) is 6.20 Å². The SMILES string of the molecule is O=[N+]([O-])c1cc[c]cn1. The lowest BCUT2D eigenvalue weighted by atomic mass is 10.5. The summed E-state index contributed by atoms with van der Waals surface area (Å²) in [5.41, 5.74) is 0. The molecule has 0 aliphatic carbocycles. The average Bonchev–Trinajstić information content (AvgIpc) is 1.90. The van der Waals surface area contributed by atoms with Crippen molar-refractivity contribution in [2.75, 3.05) is 0 Å². The van der Waals surface area contributed by atoms with Gasteiger partial charge in [0.25, 0.3) is 0 Å². The molecular formula is C5H3N2O2. The summed E-state index contributed by atoms with van der Waals surface area (Å²) < 4.78 is 0. The van der Waals surface area contributed by atoms with Crippen molar-refractivity contribution in [2.45, 2.75) is 0 Å². The molecule has 1 heterocycles. The zero-order valence-corrected chi connectivity index (χ0v) is 4.44. The summed E-state index contributed by atoms with van der Waals surface area (Å²) in [6.45, 7) is 0. The number of pyridine rings is 1. The van der Waals surface area contributed by atoms with Crippen molar-refractivity contribution in [1.82, 2.24) is 4.98 Å². The van der Waals surface area contributed by atoms with E-state index in [4.69, 9.17) is 0 Å². The fourth-order valence-corrected chi connectivity index (χ4v) is 0.420. The van der Waals surface area contributed by atoms with Crippen LogP contribution in [0.1, 0.15) is 0 Å². The molecular weight excluding hydrogens is 120 g/mol. The Balaban J connectivity index is 2.98. The van der Waals surface area contributed by atoms with Crippen LogP contribution in [0.2, 0.25) is 0 Å². The van der Waals surface area contributed by atoms with E-state index in [2.05, 4.69) is 11.1 Å². The van der Waals surface area contributed by atoms with Crippen LogP contribution in [-0.4, -0.2) is 9.91 Å². The molecule has 0 atom stereocenters. The first kappa shape index (κ1) is 5.68. The highest BCUT2D eigenvalue weighted by Crippen LogP contribution is 2.01. The summed E-state index contributed by atoms with van der Waals surface area (Å²) in [6.07, 6.45) is 1.26. The molecule has 4 nitrogen and oxygen atoms in total. The first-order chi connectivity index (χ1) is 4.30. The van der Waals surface area contributed by atoms with Crippen molar-refractivity contribution in [3.05, 3.63) is 34.5 Å². The molecule has 0 saturated carbocycles. The first-order valence-electron chi connectivity index (χ1n) is 2.27. The number of hydrogen-bond acceptors (Lipinski definition) is 3. The second kappa shape index (κ2) is 2.21. The lowest BCUT2D eigenvalue weighted by Gasteiger charge is -1.86. The van der Waals surface area contributed by atoms with Crippen LogP contribution in [0.5, 0.6) is 0 Å². The van der Waals surface area contributed by atoms with Crippen molar-refractivity contribution in [3.63, 3.8) is 0 Å². The zero-order chi connectivity index (χ0) is 6.69. The van der Waals surface area contributed by atoms with E-state index in [1.54, 1.807) is 0 Å². The molecule has 0 saturated heterocycles. The summed E-state index contributed by atoms with van der Waals surface area (Å²) in [5.74, 6) is -0.145. The van der Waals surface area contributed by atoms with E-state index in [0.717, 1.165) is 0 Å². The summed E-state index contributed by atoms with van der Waals surface area (Å²) in [7, 11) is 0. The Hall–Kier alpha value is -1.45. The van der Waals surface area contributed by atoms with Gasteiger partial charge >= 0.3 is 5.82 Å². The minimum Gasteiger partial charge on any atom is -0.358 e. The van der Waals surface area contributed by atoms with E-state index in [1.165, 1.54) is 18.3 Å². The van der Waals surface area contributed by atoms with Crippen molar-refractivity contribution >= 4 is 5.82 Å². The molecule has 0 bridgehead atoms. The molecule has 1 aromatic heterocycles. The molecule has 0 fully saturated rings. The largest absolute Gasteiger partial charge is 0.363 e. The van der Waals surface area contributed by atoms with Gasteiger partial charge in [0.2, 0.25) is 0 Å². The third-order valence-electron chi connectivity index (χ3n) is 0.787. The van der Waals surface area contributed by atoms with Gasteiger partial charge in [0.05, 0.1) is 0 Å². The minimum atomic E-state index is -0.548. The molecule has 0 aliphatic heterocycles. The maximum absolute atomic E-state index is 9.93. The third-order valence-corrected chi connectivity index (χ3v) is 0.787. The summed E-state index contributed by atoms with van der Waals surface area (Å²) in [6, 6.07) is 5.31. The van der Waals surface area contributed by atoms with E-state index >= 15 is 0 Å². The van der Waals surface area contributed by atoms with Crippen LogP contribution in [0, 0.1) is 16.2 Å². The summed E-state index contributed by atoms with van der Waals surface area (Å²) >= 11 is 0. The second-order valence-electron chi connectivity index (χ2n) is 1.37. The minimum absolute atomic E-state index is 0.145. The summed E-state index contributed by atoms with van der Waals surface area (Å²) in [4.78, 5) is 12.8. The van der Waals surface area contributed by atoms with Gasteiger partial charge in [-0.15, -0.1) is 0 Å². The second-order valence-corrected chi connectivity index (χ2v) is 1.37. The molecule has 1 aromatic rings. The number of nitro groups is 1. The quantitative estimate of drug-likeness (QED) is 0.409. The molecule has 9 heavy (non-hydrogen) atoms. The monoisotopic (exact) mass is 123 g/mol. The Morgan fingerprint density at radius 1 is 1.78 bits per heavy atom. The van der Waals surface area contributed by atoms with Gasteiger partial charge in [0.15, 0.2) is 0 Å².